The normalized spacial score (nSPS) is 19.1. The molecule has 1 saturated heterocycles. The summed E-state index contributed by atoms with van der Waals surface area (Å²) in [6, 6.07) is 10.5. The fraction of sp³-hybridized carbons (Fsp3) is 0.500. The van der Waals surface area contributed by atoms with E-state index in [1.807, 2.05) is 0 Å². The minimum Gasteiger partial charge on any atom is -0.317 e. The van der Waals surface area contributed by atoms with Crippen LogP contribution in [-0.2, 0) is 13.0 Å². The Morgan fingerprint density at radius 1 is 1.13 bits per heavy atom. The molecule has 0 atom stereocenters. The Labute approximate surface area is 144 Å². The maximum atomic E-state index is 4.63. The molecule has 0 spiro atoms. The van der Waals surface area contributed by atoms with Gasteiger partial charge in [-0.1, -0.05) is 18.2 Å². The van der Waals surface area contributed by atoms with Gasteiger partial charge in [0.05, 0.1) is 11.9 Å². The first-order chi connectivity index (χ1) is 10.9. The topological polar surface area (TPSA) is 33.1 Å². The zero-order chi connectivity index (χ0) is 14.8. The number of aromatic nitrogens is 2. The molecule has 5 heteroatoms. The molecule has 2 aliphatic rings. The molecular weight excluding hydrogens is 308 g/mol. The largest absolute Gasteiger partial charge is 0.317 e. The van der Waals surface area contributed by atoms with Crippen molar-refractivity contribution in [2.24, 2.45) is 5.92 Å². The quantitative estimate of drug-likeness (QED) is 0.938. The molecule has 2 aromatic rings. The fourth-order valence-electron chi connectivity index (χ4n) is 3.77. The van der Waals surface area contributed by atoms with E-state index in [9.17, 15) is 0 Å². The lowest BCUT2D eigenvalue weighted by atomic mass is 9.96. The Kier molecular flexibility index (Phi) is 5.36. The minimum absolute atomic E-state index is 0. The molecule has 1 aromatic carbocycles. The van der Waals surface area contributed by atoms with E-state index in [0.717, 1.165) is 25.4 Å². The summed E-state index contributed by atoms with van der Waals surface area (Å²) < 4.78 is 2.12. The third-order valence-corrected chi connectivity index (χ3v) is 4.99. The van der Waals surface area contributed by atoms with Gasteiger partial charge in [-0.15, -0.1) is 12.4 Å². The van der Waals surface area contributed by atoms with E-state index in [2.05, 4.69) is 56.5 Å². The molecule has 1 N–H and O–H groups in total. The molecule has 0 saturated carbocycles. The van der Waals surface area contributed by atoms with E-state index in [4.69, 9.17) is 0 Å². The van der Waals surface area contributed by atoms with E-state index in [-0.39, 0.29) is 12.4 Å². The van der Waals surface area contributed by atoms with Crippen molar-refractivity contribution in [2.45, 2.75) is 25.8 Å². The van der Waals surface area contributed by atoms with Crippen LogP contribution in [0.25, 0.3) is 5.69 Å². The van der Waals surface area contributed by atoms with E-state index < -0.39 is 0 Å². The number of para-hydroxylation sites is 1. The predicted molar refractivity (Wildman–Crippen MR) is 95.4 cm³/mol. The van der Waals surface area contributed by atoms with Crippen LogP contribution >= 0.6 is 12.4 Å². The predicted octanol–water partition coefficient (Wildman–Crippen LogP) is 2.65. The van der Waals surface area contributed by atoms with Crippen LogP contribution in [0, 0.1) is 5.92 Å². The van der Waals surface area contributed by atoms with Crippen LogP contribution in [0.15, 0.2) is 36.5 Å². The van der Waals surface area contributed by atoms with Crippen molar-refractivity contribution >= 4 is 12.4 Å². The van der Waals surface area contributed by atoms with Gasteiger partial charge in [0.25, 0.3) is 0 Å². The van der Waals surface area contributed by atoms with Gasteiger partial charge < -0.3 is 5.32 Å². The molecule has 0 bridgehead atoms. The highest BCUT2D eigenvalue weighted by atomic mass is 35.5. The minimum atomic E-state index is 0. The van der Waals surface area contributed by atoms with Gasteiger partial charge in [-0.05, 0) is 44.0 Å². The molecule has 0 aliphatic carbocycles. The summed E-state index contributed by atoms with van der Waals surface area (Å²) in [5.74, 6) is 0.868. The summed E-state index contributed by atoms with van der Waals surface area (Å²) in [5.41, 5.74) is 3.98. The van der Waals surface area contributed by atoms with Gasteiger partial charge in [-0.3, -0.25) is 4.90 Å². The van der Waals surface area contributed by atoms with Crippen LogP contribution in [0.2, 0.25) is 0 Å². The third kappa shape index (κ3) is 3.60. The molecule has 1 fully saturated rings. The van der Waals surface area contributed by atoms with Crippen LogP contribution in [0.1, 0.15) is 24.1 Å². The molecule has 4 nitrogen and oxygen atoms in total. The van der Waals surface area contributed by atoms with Crippen LogP contribution in [0.5, 0.6) is 0 Å². The van der Waals surface area contributed by atoms with Gasteiger partial charge in [0.1, 0.15) is 0 Å². The van der Waals surface area contributed by atoms with Gasteiger partial charge in [-0.25, -0.2) is 4.68 Å². The Bertz CT molecular complexity index is 619. The molecule has 23 heavy (non-hydrogen) atoms. The Morgan fingerprint density at radius 2 is 1.91 bits per heavy atom. The van der Waals surface area contributed by atoms with Gasteiger partial charge in [0.15, 0.2) is 0 Å². The van der Waals surface area contributed by atoms with Crippen molar-refractivity contribution in [3.8, 4) is 5.69 Å². The molecule has 4 rings (SSSR count). The number of nitrogens with zero attached hydrogens (tertiary/aromatic N) is 3. The molecular formula is C18H25ClN4. The van der Waals surface area contributed by atoms with Crippen molar-refractivity contribution < 1.29 is 0 Å². The summed E-state index contributed by atoms with van der Waals surface area (Å²) in [6.45, 7) is 5.85. The van der Waals surface area contributed by atoms with Crippen molar-refractivity contribution in [3.63, 3.8) is 0 Å². The second kappa shape index (κ2) is 7.47. The average Bonchev–Trinajstić information content (AvgIpc) is 3.00. The number of hydrogen-bond acceptors (Lipinski definition) is 3. The lowest BCUT2D eigenvalue weighted by Gasteiger charge is -2.32. The maximum absolute atomic E-state index is 4.63. The van der Waals surface area contributed by atoms with Crippen LogP contribution in [0.4, 0.5) is 0 Å². The number of hydrogen-bond donors (Lipinski definition) is 1. The number of benzene rings is 1. The summed E-state index contributed by atoms with van der Waals surface area (Å²) in [5, 5.41) is 8.09. The number of fused-ring (bicyclic) bond motifs is 1. The Hall–Kier alpha value is -1.36. The lowest BCUT2D eigenvalue weighted by Crippen LogP contribution is -2.38. The van der Waals surface area contributed by atoms with Crippen LogP contribution in [0.3, 0.4) is 0 Å². The lowest BCUT2D eigenvalue weighted by molar-refractivity contribution is 0.190. The van der Waals surface area contributed by atoms with E-state index in [1.165, 1.54) is 49.4 Å². The third-order valence-electron chi connectivity index (χ3n) is 4.99. The first-order valence-corrected chi connectivity index (χ1v) is 8.44. The molecule has 3 heterocycles. The zero-order valence-corrected chi connectivity index (χ0v) is 14.3. The van der Waals surface area contributed by atoms with E-state index in [0.29, 0.717) is 0 Å². The molecule has 1 aromatic heterocycles. The van der Waals surface area contributed by atoms with Crippen molar-refractivity contribution in [1.82, 2.24) is 20.0 Å². The summed E-state index contributed by atoms with van der Waals surface area (Å²) >= 11 is 0. The Balaban J connectivity index is 0.00000156. The first kappa shape index (κ1) is 16.5. The summed E-state index contributed by atoms with van der Waals surface area (Å²) in [7, 11) is 0. The molecule has 124 valence electrons. The van der Waals surface area contributed by atoms with Crippen molar-refractivity contribution in [1.29, 1.82) is 0 Å². The van der Waals surface area contributed by atoms with E-state index in [1.54, 1.807) is 0 Å². The monoisotopic (exact) mass is 332 g/mol. The second-order valence-electron chi connectivity index (χ2n) is 6.54. The fourth-order valence-corrected chi connectivity index (χ4v) is 3.77. The van der Waals surface area contributed by atoms with Crippen LogP contribution < -0.4 is 5.32 Å². The molecule has 0 radical (unpaired) electrons. The van der Waals surface area contributed by atoms with Gasteiger partial charge in [0.2, 0.25) is 0 Å². The van der Waals surface area contributed by atoms with Gasteiger partial charge >= 0.3 is 0 Å². The maximum Gasteiger partial charge on any atom is 0.0648 e. The average molecular weight is 333 g/mol. The van der Waals surface area contributed by atoms with Crippen molar-refractivity contribution in [2.75, 3.05) is 26.2 Å². The molecule has 0 amide bonds. The number of piperidine rings is 1. The summed E-state index contributed by atoms with van der Waals surface area (Å²) in [4.78, 5) is 2.62. The summed E-state index contributed by atoms with van der Waals surface area (Å²) in [6.07, 6.45) is 5.82. The van der Waals surface area contributed by atoms with Gasteiger partial charge in [-0.2, -0.15) is 5.10 Å². The standard InChI is InChI=1S/C18H24N4.ClH/c1-2-4-17(5-3-1)22-18-8-11-21(14-16(18)12-20-22)13-15-6-9-19-10-7-15;/h1-5,12,15,19H,6-11,13-14H2;1H. The Morgan fingerprint density at radius 3 is 2.70 bits per heavy atom. The van der Waals surface area contributed by atoms with Crippen molar-refractivity contribution in [3.05, 3.63) is 47.8 Å². The highest BCUT2D eigenvalue weighted by Gasteiger charge is 2.23. The molecule has 0 unspecified atom stereocenters. The van der Waals surface area contributed by atoms with E-state index >= 15 is 0 Å². The van der Waals surface area contributed by atoms with Crippen LogP contribution in [-0.4, -0.2) is 40.9 Å². The number of nitrogens with one attached hydrogen (secondary N) is 1. The second-order valence-corrected chi connectivity index (χ2v) is 6.54. The first-order valence-electron chi connectivity index (χ1n) is 8.44. The smallest absolute Gasteiger partial charge is 0.0648 e. The number of rotatable bonds is 3. The molecule has 2 aliphatic heterocycles. The van der Waals surface area contributed by atoms with Gasteiger partial charge in [0, 0.05) is 37.3 Å². The SMILES string of the molecule is Cl.c1ccc(-n2ncc3c2CCN(CC2CCNCC2)C3)cc1. The highest BCUT2D eigenvalue weighted by Crippen LogP contribution is 2.23. The zero-order valence-electron chi connectivity index (χ0n) is 13.4. The highest BCUT2D eigenvalue weighted by molar-refractivity contribution is 5.85. The number of halogens is 1.